The summed E-state index contributed by atoms with van der Waals surface area (Å²) < 4.78 is 83.8. The summed E-state index contributed by atoms with van der Waals surface area (Å²) >= 11 is 0. The van der Waals surface area contributed by atoms with Crippen LogP contribution in [0.3, 0.4) is 0 Å². The van der Waals surface area contributed by atoms with E-state index in [4.69, 9.17) is 10.5 Å². The fourth-order valence-electron chi connectivity index (χ4n) is 3.15. The van der Waals surface area contributed by atoms with Gasteiger partial charge in [-0.25, -0.2) is 9.78 Å². The Bertz CT molecular complexity index is 1230. The second kappa shape index (κ2) is 10.1. The molecule has 0 saturated heterocycles. The molecular weight excluding hydrogens is 480 g/mol. The van der Waals surface area contributed by atoms with E-state index >= 15 is 0 Å². The minimum Gasteiger partial charge on any atom is -0.438 e. The lowest BCUT2D eigenvalue weighted by atomic mass is 10.1. The van der Waals surface area contributed by atoms with Crippen LogP contribution in [0, 0.1) is 0 Å². The van der Waals surface area contributed by atoms with Crippen LogP contribution in [-0.4, -0.2) is 16.9 Å². The van der Waals surface area contributed by atoms with Gasteiger partial charge in [-0.1, -0.05) is 36.4 Å². The number of carbonyl (C=O) groups is 2. The highest BCUT2D eigenvalue weighted by Crippen LogP contribution is 2.34. The molecule has 184 valence electrons. The van der Waals surface area contributed by atoms with Crippen LogP contribution in [0.25, 0.3) is 0 Å². The summed E-state index contributed by atoms with van der Waals surface area (Å²) in [5.41, 5.74) is 2.43. The van der Waals surface area contributed by atoms with Crippen LogP contribution < -0.4 is 11.1 Å². The zero-order chi connectivity index (χ0) is 25.8. The molecule has 0 spiro atoms. The highest BCUT2D eigenvalue weighted by Gasteiger charge is 2.35. The molecule has 0 saturated carbocycles. The van der Waals surface area contributed by atoms with Crippen molar-refractivity contribution in [2.24, 2.45) is 5.73 Å². The molecule has 35 heavy (non-hydrogen) atoms. The molecule has 1 heterocycles. The van der Waals surface area contributed by atoms with Crippen molar-refractivity contribution < 1.29 is 40.7 Å². The number of hydrogen-bond acceptors (Lipinski definition) is 5. The third-order valence-electron chi connectivity index (χ3n) is 4.80. The molecule has 3 rings (SSSR count). The van der Waals surface area contributed by atoms with E-state index in [0.29, 0.717) is 0 Å². The topological polar surface area (TPSA) is 94.3 Å². The lowest BCUT2D eigenvalue weighted by Crippen LogP contribution is -2.25. The standard InChI is InChI=1S/C23H17F6N3O3/c24-22(25,26)16-7-3-1-5-14(16)12-32-20(33)13-9-10-31-18(11-13)21(34)35-19(30)15-6-2-4-8-17(15)23(27,28)29/h1-11,19H,12,30H2,(H,32,33). The smallest absolute Gasteiger partial charge is 0.416 e. The van der Waals surface area contributed by atoms with Crippen LogP contribution >= 0.6 is 0 Å². The summed E-state index contributed by atoms with van der Waals surface area (Å²) in [5, 5.41) is 2.32. The van der Waals surface area contributed by atoms with Gasteiger partial charge >= 0.3 is 18.3 Å². The molecule has 6 nitrogen and oxygen atoms in total. The van der Waals surface area contributed by atoms with Gasteiger partial charge in [0.05, 0.1) is 11.1 Å². The Kier molecular flexibility index (Phi) is 7.44. The SMILES string of the molecule is NC(OC(=O)c1cc(C(=O)NCc2ccccc2C(F)(F)F)ccn1)c1ccccc1C(F)(F)F. The van der Waals surface area contributed by atoms with Gasteiger partial charge in [-0.2, -0.15) is 26.3 Å². The van der Waals surface area contributed by atoms with Crippen molar-refractivity contribution in [2.75, 3.05) is 0 Å². The van der Waals surface area contributed by atoms with Crippen molar-refractivity contribution >= 4 is 11.9 Å². The van der Waals surface area contributed by atoms with E-state index in [1.54, 1.807) is 0 Å². The van der Waals surface area contributed by atoms with Gasteiger partial charge in [0.2, 0.25) is 0 Å². The van der Waals surface area contributed by atoms with Crippen molar-refractivity contribution in [1.82, 2.24) is 10.3 Å². The number of esters is 1. The van der Waals surface area contributed by atoms with Crippen LogP contribution in [0.4, 0.5) is 26.3 Å². The number of benzene rings is 2. The second-order valence-electron chi connectivity index (χ2n) is 7.18. The van der Waals surface area contributed by atoms with Crippen molar-refractivity contribution in [1.29, 1.82) is 0 Å². The molecule has 12 heteroatoms. The maximum atomic E-state index is 13.2. The zero-order valence-corrected chi connectivity index (χ0v) is 17.7. The normalized spacial score (nSPS) is 12.7. The number of rotatable bonds is 6. The quantitative estimate of drug-likeness (QED) is 0.288. The summed E-state index contributed by atoms with van der Waals surface area (Å²) in [4.78, 5) is 28.5. The summed E-state index contributed by atoms with van der Waals surface area (Å²) in [7, 11) is 0. The van der Waals surface area contributed by atoms with Gasteiger partial charge in [-0.15, -0.1) is 0 Å². The van der Waals surface area contributed by atoms with Crippen LogP contribution in [0.15, 0.2) is 66.9 Å². The Morgan fingerprint density at radius 3 is 2.17 bits per heavy atom. The van der Waals surface area contributed by atoms with Gasteiger partial charge in [0, 0.05) is 23.9 Å². The van der Waals surface area contributed by atoms with Crippen molar-refractivity contribution in [3.05, 3.63) is 100 Å². The summed E-state index contributed by atoms with van der Waals surface area (Å²) in [6.45, 7) is -0.449. The number of aromatic nitrogens is 1. The number of nitrogens with one attached hydrogen (secondary N) is 1. The lowest BCUT2D eigenvalue weighted by Gasteiger charge is -2.18. The fourth-order valence-corrected chi connectivity index (χ4v) is 3.15. The van der Waals surface area contributed by atoms with Gasteiger partial charge in [0.15, 0.2) is 6.23 Å². The molecule has 0 radical (unpaired) electrons. The monoisotopic (exact) mass is 497 g/mol. The first-order valence-corrected chi connectivity index (χ1v) is 9.90. The van der Waals surface area contributed by atoms with Crippen molar-refractivity contribution in [3.8, 4) is 0 Å². The van der Waals surface area contributed by atoms with Gasteiger partial charge in [-0.3, -0.25) is 10.5 Å². The maximum Gasteiger partial charge on any atom is 0.416 e. The number of carbonyl (C=O) groups excluding carboxylic acids is 2. The molecule has 1 amide bonds. The molecule has 0 aliphatic heterocycles. The van der Waals surface area contributed by atoms with E-state index < -0.39 is 59.4 Å². The van der Waals surface area contributed by atoms with E-state index in [1.807, 2.05) is 0 Å². The fraction of sp³-hybridized carbons (Fsp3) is 0.174. The van der Waals surface area contributed by atoms with Crippen LogP contribution in [0.5, 0.6) is 0 Å². The Hall–Kier alpha value is -3.93. The highest BCUT2D eigenvalue weighted by atomic mass is 19.4. The Morgan fingerprint density at radius 2 is 1.51 bits per heavy atom. The number of hydrogen-bond donors (Lipinski definition) is 2. The molecule has 2 aromatic carbocycles. The molecule has 1 atom stereocenters. The molecule has 0 aliphatic rings. The van der Waals surface area contributed by atoms with E-state index in [2.05, 4.69) is 10.3 Å². The van der Waals surface area contributed by atoms with Gasteiger partial charge in [0.1, 0.15) is 5.69 Å². The van der Waals surface area contributed by atoms with E-state index in [9.17, 15) is 35.9 Å². The van der Waals surface area contributed by atoms with Crippen LogP contribution in [-0.2, 0) is 23.6 Å². The largest absolute Gasteiger partial charge is 0.438 e. The molecule has 3 N–H and O–H groups in total. The number of nitrogens with two attached hydrogens (primary N) is 1. The molecule has 0 aliphatic carbocycles. The Morgan fingerprint density at radius 1 is 0.914 bits per heavy atom. The number of halogens is 6. The highest BCUT2D eigenvalue weighted by molar-refractivity contribution is 5.97. The first-order chi connectivity index (χ1) is 16.4. The van der Waals surface area contributed by atoms with E-state index in [-0.39, 0.29) is 11.1 Å². The molecule has 1 aromatic heterocycles. The summed E-state index contributed by atoms with van der Waals surface area (Å²) in [6.07, 6.45) is -10.1. The molecule has 0 fully saturated rings. The average Bonchev–Trinajstić information content (AvgIpc) is 2.81. The van der Waals surface area contributed by atoms with Crippen LogP contribution in [0.2, 0.25) is 0 Å². The second-order valence-corrected chi connectivity index (χ2v) is 7.18. The van der Waals surface area contributed by atoms with Gasteiger partial charge in [0.25, 0.3) is 5.91 Å². The van der Waals surface area contributed by atoms with E-state index in [0.717, 1.165) is 36.5 Å². The lowest BCUT2D eigenvalue weighted by molar-refractivity contribution is -0.139. The summed E-state index contributed by atoms with van der Waals surface area (Å²) in [6, 6.07) is 11.1. The van der Waals surface area contributed by atoms with Crippen molar-refractivity contribution in [3.63, 3.8) is 0 Å². The first kappa shape index (κ1) is 25.7. The third kappa shape index (κ3) is 6.35. The van der Waals surface area contributed by atoms with Gasteiger partial charge < -0.3 is 10.1 Å². The van der Waals surface area contributed by atoms with E-state index in [1.165, 1.54) is 30.3 Å². The van der Waals surface area contributed by atoms with Crippen molar-refractivity contribution in [2.45, 2.75) is 25.1 Å². The number of nitrogens with zero attached hydrogens (tertiary/aromatic N) is 1. The Labute approximate surface area is 194 Å². The average molecular weight is 497 g/mol. The third-order valence-corrected chi connectivity index (χ3v) is 4.80. The zero-order valence-electron chi connectivity index (χ0n) is 17.7. The minimum atomic E-state index is -4.73. The predicted octanol–water partition coefficient (Wildman–Crippen LogP) is 4.86. The number of alkyl halides is 6. The maximum absolute atomic E-state index is 13.2. The molecule has 3 aromatic rings. The minimum absolute atomic E-state index is 0.138. The summed E-state index contributed by atoms with van der Waals surface area (Å²) in [5.74, 6) is -2.02. The first-order valence-electron chi connectivity index (χ1n) is 9.90. The van der Waals surface area contributed by atoms with Gasteiger partial charge in [-0.05, 0) is 29.8 Å². The molecule has 1 unspecified atom stereocenters. The predicted molar refractivity (Wildman–Crippen MR) is 111 cm³/mol. The Balaban J connectivity index is 1.72. The number of ether oxygens (including phenoxy) is 1. The molecule has 0 bridgehead atoms. The number of amides is 1. The number of pyridine rings is 1. The molecular formula is C23H17F6N3O3. The van der Waals surface area contributed by atoms with Crippen LogP contribution in [0.1, 0.15) is 49.3 Å².